The Balaban J connectivity index is 1.87. The average molecular weight is 377 g/mol. The van der Waals surface area contributed by atoms with Crippen LogP contribution in [0.2, 0.25) is 0 Å². The van der Waals surface area contributed by atoms with Gasteiger partial charge < -0.3 is 18.9 Å². The third-order valence-electron chi connectivity index (χ3n) is 3.98. The highest BCUT2D eigenvalue weighted by Gasteiger charge is 2.22. The smallest absolute Gasteiger partial charge is 0.343 e. The Labute approximate surface area is 163 Å². The van der Waals surface area contributed by atoms with E-state index in [2.05, 4.69) is 0 Å². The zero-order chi connectivity index (χ0) is 19.9. The van der Waals surface area contributed by atoms with Crippen LogP contribution in [-0.2, 0) is 9.53 Å². The Morgan fingerprint density at radius 2 is 1.89 bits per heavy atom. The fraction of sp³-hybridized carbons (Fsp3) is 0.182. The number of methoxy groups -OCH3 is 1. The number of nitriles is 1. The summed E-state index contributed by atoms with van der Waals surface area (Å²) in [6, 6.07) is 14.5. The fourth-order valence-electron chi connectivity index (χ4n) is 2.68. The molecule has 0 saturated carbocycles. The summed E-state index contributed by atoms with van der Waals surface area (Å²) in [4.78, 5) is 12.2. The van der Waals surface area contributed by atoms with Gasteiger partial charge in [0.1, 0.15) is 17.6 Å². The summed E-state index contributed by atoms with van der Waals surface area (Å²) in [7, 11) is 1.60. The van der Waals surface area contributed by atoms with Gasteiger partial charge >= 0.3 is 5.97 Å². The van der Waals surface area contributed by atoms with E-state index in [1.807, 2.05) is 25.1 Å². The van der Waals surface area contributed by atoms with Crippen molar-refractivity contribution < 1.29 is 23.7 Å². The molecule has 0 unspecified atom stereocenters. The van der Waals surface area contributed by atoms with Gasteiger partial charge in [-0.25, -0.2) is 4.79 Å². The van der Waals surface area contributed by atoms with Gasteiger partial charge in [-0.15, -0.1) is 0 Å². The fourth-order valence-corrected chi connectivity index (χ4v) is 2.68. The van der Waals surface area contributed by atoms with Gasteiger partial charge in [-0.3, -0.25) is 0 Å². The summed E-state index contributed by atoms with van der Waals surface area (Å²) < 4.78 is 21.5. The van der Waals surface area contributed by atoms with Crippen molar-refractivity contribution in [3.63, 3.8) is 0 Å². The molecule has 3 rings (SSSR count). The number of rotatable bonds is 7. The molecular formula is C22H19NO5. The lowest BCUT2D eigenvalue weighted by Crippen LogP contribution is -2.00. The molecule has 0 bridgehead atoms. The van der Waals surface area contributed by atoms with Crippen LogP contribution in [0.25, 0.3) is 11.8 Å². The van der Waals surface area contributed by atoms with Gasteiger partial charge in [0.25, 0.3) is 0 Å². The normalized spacial score (nSPS) is 14.2. The number of carbonyl (C=O) groups is 1. The van der Waals surface area contributed by atoms with Crippen LogP contribution in [-0.4, -0.2) is 26.3 Å². The second-order valence-electron chi connectivity index (χ2n) is 5.81. The second-order valence-corrected chi connectivity index (χ2v) is 5.81. The van der Waals surface area contributed by atoms with E-state index in [4.69, 9.17) is 24.2 Å². The van der Waals surface area contributed by atoms with Crippen LogP contribution in [0, 0.1) is 11.3 Å². The monoisotopic (exact) mass is 377 g/mol. The molecule has 2 aromatic carbocycles. The van der Waals surface area contributed by atoms with Crippen molar-refractivity contribution in [3.8, 4) is 23.3 Å². The third kappa shape index (κ3) is 4.33. The Morgan fingerprint density at radius 3 is 2.57 bits per heavy atom. The van der Waals surface area contributed by atoms with E-state index in [0.717, 1.165) is 16.9 Å². The van der Waals surface area contributed by atoms with Crippen LogP contribution < -0.4 is 14.2 Å². The van der Waals surface area contributed by atoms with Crippen molar-refractivity contribution in [2.24, 2.45) is 0 Å². The molecule has 0 N–H and O–H groups in total. The van der Waals surface area contributed by atoms with Crippen LogP contribution in [0.3, 0.4) is 0 Å². The van der Waals surface area contributed by atoms with Crippen molar-refractivity contribution in [1.29, 1.82) is 5.26 Å². The number of cyclic esters (lactones) is 1. The van der Waals surface area contributed by atoms with Gasteiger partial charge in [-0.05, 0) is 61.0 Å². The molecule has 6 nitrogen and oxygen atoms in total. The highest BCUT2D eigenvalue weighted by molar-refractivity contribution is 6.05. The molecule has 0 saturated heterocycles. The molecule has 0 spiro atoms. The van der Waals surface area contributed by atoms with E-state index in [1.54, 1.807) is 49.6 Å². The molecule has 1 aliphatic rings. The maximum Gasteiger partial charge on any atom is 0.343 e. The lowest BCUT2D eigenvalue weighted by atomic mass is 10.1. The molecule has 0 radical (unpaired) electrons. The van der Waals surface area contributed by atoms with Crippen molar-refractivity contribution in [2.75, 3.05) is 20.3 Å². The number of hydrogen-bond acceptors (Lipinski definition) is 6. The van der Waals surface area contributed by atoms with Crippen molar-refractivity contribution in [1.82, 2.24) is 0 Å². The lowest BCUT2D eigenvalue weighted by molar-refractivity contribution is -0.130. The van der Waals surface area contributed by atoms with Crippen LogP contribution in [0.15, 0.2) is 54.1 Å². The molecule has 0 aromatic heterocycles. The first-order valence-corrected chi connectivity index (χ1v) is 8.71. The van der Waals surface area contributed by atoms with Gasteiger partial charge in [-0.1, -0.05) is 6.07 Å². The molecule has 0 aliphatic carbocycles. The number of nitrogens with zero attached hydrogens (tertiary/aromatic N) is 1. The number of esters is 1. The SMILES string of the molecule is CCOc1cc(/C=C2\C=C(c3ccc(OC)cc3)OC2=O)ccc1OCC#N. The van der Waals surface area contributed by atoms with E-state index in [1.165, 1.54) is 0 Å². The van der Waals surface area contributed by atoms with E-state index in [9.17, 15) is 4.79 Å². The maximum absolute atomic E-state index is 12.2. The van der Waals surface area contributed by atoms with Gasteiger partial charge in [-0.2, -0.15) is 5.26 Å². The Hall–Kier alpha value is -3.72. The minimum atomic E-state index is -0.423. The molecule has 1 aliphatic heterocycles. The molecule has 142 valence electrons. The van der Waals surface area contributed by atoms with E-state index < -0.39 is 5.97 Å². The van der Waals surface area contributed by atoms with Crippen LogP contribution in [0.4, 0.5) is 0 Å². The summed E-state index contributed by atoms with van der Waals surface area (Å²) >= 11 is 0. The van der Waals surface area contributed by atoms with Crippen LogP contribution in [0.5, 0.6) is 17.2 Å². The van der Waals surface area contributed by atoms with Gasteiger partial charge in [0.2, 0.25) is 0 Å². The van der Waals surface area contributed by atoms with Gasteiger partial charge in [0, 0.05) is 5.56 Å². The average Bonchev–Trinajstić information content (AvgIpc) is 3.08. The number of carbonyl (C=O) groups excluding carboxylic acids is 1. The van der Waals surface area contributed by atoms with Crippen molar-refractivity contribution >= 4 is 17.8 Å². The molecule has 2 aromatic rings. The Morgan fingerprint density at radius 1 is 1.11 bits per heavy atom. The predicted octanol–water partition coefficient (Wildman–Crippen LogP) is 3.98. The van der Waals surface area contributed by atoms with Crippen molar-refractivity contribution in [3.05, 3.63) is 65.2 Å². The van der Waals surface area contributed by atoms with Crippen LogP contribution >= 0.6 is 0 Å². The summed E-state index contributed by atoms with van der Waals surface area (Å²) in [5.41, 5.74) is 1.97. The quantitative estimate of drug-likeness (QED) is 0.537. The number of benzene rings is 2. The molecule has 6 heteroatoms. The number of hydrogen-bond donors (Lipinski definition) is 0. The highest BCUT2D eigenvalue weighted by atomic mass is 16.5. The minimum absolute atomic E-state index is 0.0687. The minimum Gasteiger partial charge on any atom is -0.497 e. The summed E-state index contributed by atoms with van der Waals surface area (Å²) in [6.45, 7) is 2.24. The van der Waals surface area contributed by atoms with Gasteiger partial charge in [0.05, 0.1) is 19.3 Å². The first-order chi connectivity index (χ1) is 13.6. The Kier molecular flexibility index (Phi) is 5.97. The first-order valence-electron chi connectivity index (χ1n) is 8.71. The zero-order valence-electron chi connectivity index (χ0n) is 15.6. The molecular weight excluding hydrogens is 358 g/mol. The summed E-state index contributed by atoms with van der Waals surface area (Å²) in [5.74, 6) is 1.78. The third-order valence-corrected chi connectivity index (χ3v) is 3.98. The van der Waals surface area contributed by atoms with Crippen molar-refractivity contribution in [2.45, 2.75) is 6.92 Å². The summed E-state index contributed by atoms with van der Waals surface area (Å²) in [5, 5.41) is 8.68. The second kappa shape index (κ2) is 8.78. The molecule has 1 heterocycles. The van der Waals surface area contributed by atoms with Gasteiger partial charge in [0.15, 0.2) is 18.1 Å². The first kappa shape index (κ1) is 19.1. The molecule has 0 amide bonds. The largest absolute Gasteiger partial charge is 0.497 e. The summed E-state index contributed by atoms with van der Waals surface area (Å²) in [6.07, 6.45) is 3.42. The zero-order valence-corrected chi connectivity index (χ0v) is 15.6. The Bertz CT molecular complexity index is 967. The molecule has 0 fully saturated rings. The van der Waals surface area contributed by atoms with E-state index in [-0.39, 0.29) is 6.61 Å². The maximum atomic E-state index is 12.2. The molecule has 28 heavy (non-hydrogen) atoms. The highest BCUT2D eigenvalue weighted by Crippen LogP contribution is 2.32. The predicted molar refractivity (Wildman–Crippen MR) is 104 cm³/mol. The topological polar surface area (TPSA) is 77.8 Å². The standard InChI is InChI=1S/C22H19NO5/c1-3-26-21-13-15(4-9-19(21)27-11-10-23)12-17-14-20(28-22(17)24)16-5-7-18(25-2)8-6-16/h4-9,12-14H,3,11H2,1-2H3/b17-12+. The van der Waals surface area contributed by atoms with Crippen LogP contribution in [0.1, 0.15) is 18.1 Å². The lowest BCUT2D eigenvalue weighted by Gasteiger charge is -2.10. The molecule has 0 atom stereocenters. The van der Waals surface area contributed by atoms with E-state index >= 15 is 0 Å². The number of ether oxygens (including phenoxy) is 4. The van der Waals surface area contributed by atoms with E-state index in [0.29, 0.717) is 29.4 Å².